The van der Waals surface area contributed by atoms with Crippen molar-refractivity contribution in [2.75, 3.05) is 18.4 Å². The smallest absolute Gasteiger partial charge is 0.244 e. The molecule has 0 saturated carbocycles. The molecular formula is C14H20N2O2S. The van der Waals surface area contributed by atoms with Gasteiger partial charge in [0.15, 0.2) is 0 Å². The van der Waals surface area contributed by atoms with E-state index < -0.39 is 0 Å². The Labute approximate surface area is 119 Å². The molecule has 0 atom stereocenters. The van der Waals surface area contributed by atoms with Crippen LogP contribution in [0.15, 0.2) is 29.2 Å². The quantitative estimate of drug-likeness (QED) is 0.787. The SMILES string of the molecule is CCCN(CC(=O)Nc1ccccc1S)C(=O)CC. The van der Waals surface area contributed by atoms with Crippen molar-refractivity contribution in [3.63, 3.8) is 0 Å². The molecule has 0 saturated heterocycles. The second kappa shape index (κ2) is 7.84. The van der Waals surface area contributed by atoms with E-state index in [1.807, 2.05) is 19.1 Å². The molecule has 0 aliphatic rings. The summed E-state index contributed by atoms with van der Waals surface area (Å²) in [5, 5.41) is 2.77. The number of anilines is 1. The van der Waals surface area contributed by atoms with Crippen LogP contribution in [-0.4, -0.2) is 29.8 Å². The summed E-state index contributed by atoms with van der Waals surface area (Å²) < 4.78 is 0. The maximum atomic E-state index is 11.9. The van der Waals surface area contributed by atoms with E-state index in [1.165, 1.54) is 0 Å². The van der Waals surface area contributed by atoms with Crippen LogP contribution in [0.2, 0.25) is 0 Å². The Morgan fingerprint density at radius 1 is 1.26 bits per heavy atom. The van der Waals surface area contributed by atoms with Gasteiger partial charge in [-0.2, -0.15) is 0 Å². The van der Waals surface area contributed by atoms with Crippen molar-refractivity contribution in [2.24, 2.45) is 0 Å². The average molecular weight is 280 g/mol. The Morgan fingerprint density at radius 3 is 2.53 bits per heavy atom. The number of carbonyl (C=O) groups excluding carboxylic acids is 2. The lowest BCUT2D eigenvalue weighted by Crippen LogP contribution is -2.38. The topological polar surface area (TPSA) is 49.4 Å². The lowest BCUT2D eigenvalue weighted by Gasteiger charge is -2.21. The summed E-state index contributed by atoms with van der Waals surface area (Å²) in [5.74, 6) is -0.201. The van der Waals surface area contributed by atoms with Crippen molar-refractivity contribution in [1.29, 1.82) is 0 Å². The zero-order chi connectivity index (χ0) is 14.3. The normalized spacial score (nSPS) is 10.1. The predicted molar refractivity (Wildman–Crippen MR) is 79.5 cm³/mol. The van der Waals surface area contributed by atoms with Gasteiger partial charge in [0.1, 0.15) is 0 Å². The van der Waals surface area contributed by atoms with Crippen LogP contribution >= 0.6 is 12.6 Å². The van der Waals surface area contributed by atoms with Gasteiger partial charge in [-0.15, -0.1) is 12.6 Å². The number of nitrogens with one attached hydrogen (secondary N) is 1. The van der Waals surface area contributed by atoms with E-state index in [0.29, 0.717) is 23.5 Å². The molecular weight excluding hydrogens is 260 g/mol. The Morgan fingerprint density at radius 2 is 1.95 bits per heavy atom. The van der Waals surface area contributed by atoms with Crippen LogP contribution in [0.25, 0.3) is 0 Å². The van der Waals surface area contributed by atoms with Crippen LogP contribution in [0, 0.1) is 0 Å². The molecule has 0 radical (unpaired) electrons. The zero-order valence-electron chi connectivity index (χ0n) is 11.3. The first-order valence-corrected chi connectivity index (χ1v) is 6.88. The van der Waals surface area contributed by atoms with Gasteiger partial charge in [0.05, 0.1) is 12.2 Å². The lowest BCUT2D eigenvalue weighted by molar-refractivity contribution is -0.134. The van der Waals surface area contributed by atoms with E-state index in [1.54, 1.807) is 24.0 Å². The second-order valence-corrected chi connectivity index (χ2v) is 4.72. The highest BCUT2D eigenvalue weighted by molar-refractivity contribution is 7.80. The third-order valence-electron chi connectivity index (χ3n) is 2.66. The molecule has 0 aliphatic carbocycles. The molecule has 1 N–H and O–H groups in total. The molecule has 0 heterocycles. The van der Waals surface area contributed by atoms with Gasteiger partial charge >= 0.3 is 0 Å². The minimum atomic E-state index is -0.197. The fraction of sp³-hybridized carbons (Fsp3) is 0.429. The molecule has 104 valence electrons. The number of thiol groups is 1. The summed E-state index contributed by atoms with van der Waals surface area (Å²) in [5.41, 5.74) is 0.663. The summed E-state index contributed by atoms with van der Waals surface area (Å²) >= 11 is 4.27. The van der Waals surface area contributed by atoms with Gasteiger partial charge in [-0.3, -0.25) is 9.59 Å². The van der Waals surface area contributed by atoms with E-state index in [0.717, 1.165) is 6.42 Å². The number of benzene rings is 1. The Bertz CT molecular complexity index is 449. The van der Waals surface area contributed by atoms with Crippen LogP contribution in [0.4, 0.5) is 5.69 Å². The van der Waals surface area contributed by atoms with Gasteiger partial charge in [-0.05, 0) is 18.6 Å². The molecule has 4 nitrogen and oxygen atoms in total. The van der Waals surface area contributed by atoms with Gasteiger partial charge in [0.2, 0.25) is 11.8 Å². The van der Waals surface area contributed by atoms with Crippen LogP contribution in [0.5, 0.6) is 0 Å². The maximum absolute atomic E-state index is 11.9. The highest BCUT2D eigenvalue weighted by Gasteiger charge is 2.15. The number of para-hydroxylation sites is 1. The number of hydrogen-bond acceptors (Lipinski definition) is 3. The standard InChI is InChI=1S/C14H20N2O2S/c1-3-9-16(14(18)4-2)10-13(17)15-11-7-5-6-8-12(11)19/h5-8,19H,3-4,9-10H2,1-2H3,(H,15,17). The first-order chi connectivity index (χ1) is 9.08. The monoisotopic (exact) mass is 280 g/mol. The van der Waals surface area contributed by atoms with Gasteiger partial charge in [-0.1, -0.05) is 26.0 Å². The van der Waals surface area contributed by atoms with E-state index in [-0.39, 0.29) is 18.4 Å². The van der Waals surface area contributed by atoms with Crippen molar-refractivity contribution >= 4 is 30.1 Å². The van der Waals surface area contributed by atoms with Gasteiger partial charge in [0, 0.05) is 17.9 Å². The van der Waals surface area contributed by atoms with Gasteiger partial charge in [-0.25, -0.2) is 0 Å². The summed E-state index contributed by atoms with van der Waals surface area (Å²) in [6, 6.07) is 7.27. The van der Waals surface area contributed by atoms with Gasteiger partial charge in [0.25, 0.3) is 0 Å². The van der Waals surface area contributed by atoms with Crippen LogP contribution in [0.1, 0.15) is 26.7 Å². The van der Waals surface area contributed by atoms with E-state index in [4.69, 9.17) is 0 Å². The molecule has 1 rings (SSSR count). The predicted octanol–water partition coefficient (Wildman–Crippen LogP) is 2.56. The minimum absolute atomic E-state index is 0.00356. The van der Waals surface area contributed by atoms with Crippen molar-refractivity contribution in [3.8, 4) is 0 Å². The summed E-state index contributed by atoms with van der Waals surface area (Å²) in [6.45, 7) is 4.47. The Balaban J connectivity index is 2.63. The Kier molecular flexibility index (Phi) is 6.42. The van der Waals surface area contributed by atoms with E-state index in [9.17, 15) is 9.59 Å². The first-order valence-electron chi connectivity index (χ1n) is 6.44. The molecule has 0 fully saturated rings. The fourth-order valence-electron chi connectivity index (χ4n) is 1.73. The third-order valence-corrected chi connectivity index (χ3v) is 3.05. The molecule has 1 aromatic carbocycles. The van der Waals surface area contributed by atoms with Crippen LogP contribution < -0.4 is 5.32 Å². The molecule has 0 unspecified atom stereocenters. The zero-order valence-corrected chi connectivity index (χ0v) is 12.2. The van der Waals surface area contributed by atoms with E-state index in [2.05, 4.69) is 17.9 Å². The largest absolute Gasteiger partial charge is 0.333 e. The number of amides is 2. The second-order valence-electron chi connectivity index (χ2n) is 4.23. The molecule has 0 aliphatic heterocycles. The number of nitrogens with zero attached hydrogens (tertiary/aromatic N) is 1. The first kappa shape index (κ1) is 15.6. The molecule has 1 aromatic rings. The molecule has 19 heavy (non-hydrogen) atoms. The van der Waals surface area contributed by atoms with E-state index >= 15 is 0 Å². The molecule has 2 amide bonds. The molecule has 0 bridgehead atoms. The minimum Gasteiger partial charge on any atom is -0.333 e. The number of carbonyl (C=O) groups is 2. The Hall–Kier alpha value is -1.49. The number of hydrogen-bond donors (Lipinski definition) is 2. The van der Waals surface area contributed by atoms with Gasteiger partial charge < -0.3 is 10.2 Å². The van der Waals surface area contributed by atoms with Crippen molar-refractivity contribution < 1.29 is 9.59 Å². The number of rotatable bonds is 6. The van der Waals surface area contributed by atoms with Crippen LogP contribution in [-0.2, 0) is 9.59 Å². The molecule has 0 spiro atoms. The lowest BCUT2D eigenvalue weighted by atomic mass is 10.3. The summed E-state index contributed by atoms with van der Waals surface area (Å²) in [6.07, 6.45) is 1.25. The molecule has 0 aromatic heterocycles. The third kappa shape index (κ3) is 4.95. The fourth-order valence-corrected chi connectivity index (χ4v) is 1.94. The average Bonchev–Trinajstić information content (AvgIpc) is 2.40. The van der Waals surface area contributed by atoms with Crippen molar-refractivity contribution in [1.82, 2.24) is 4.90 Å². The van der Waals surface area contributed by atoms with Crippen molar-refractivity contribution in [3.05, 3.63) is 24.3 Å². The summed E-state index contributed by atoms with van der Waals surface area (Å²) in [7, 11) is 0. The highest BCUT2D eigenvalue weighted by atomic mass is 32.1. The maximum Gasteiger partial charge on any atom is 0.244 e. The van der Waals surface area contributed by atoms with Crippen molar-refractivity contribution in [2.45, 2.75) is 31.6 Å². The summed E-state index contributed by atoms with van der Waals surface area (Å²) in [4.78, 5) is 25.9. The van der Waals surface area contributed by atoms with Crippen LogP contribution in [0.3, 0.4) is 0 Å². The molecule has 5 heteroatoms. The highest BCUT2D eigenvalue weighted by Crippen LogP contribution is 2.18.